The molecule has 2 aromatic rings. The second-order valence-corrected chi connectivity index (χ2v) is 5.95. The van der Waals surface area contributed by atoms with Gasteiger partial charge in [0.25, 0.3) is 5.91 Å². The third-order valence-corrected chi connectivity index (χ3v) is 3.78. The van der Waals surface area contributed by atoms with Gasteiger partial charge in [0.1, 0.15) is 0 Å². The molecule has 0 spiro atoms. The Bertz CT molecular complexity index is 683. The van der Waals surface area contributed by atoms with Crippen LogP contribution in [0.2, 0.25) is 0 Å². The van der Waals surface area contributed by atoms with Gasteiger partial charge in [-0.15, -0.1) is 0 Å². The van der Waals surface area contributed by atoms with Gasteiger partial charge in [0.05, 0.1) is 0 Å². The molecule has 2 aromatic carbocycles. The van der Waals surface area contributed by atoms with Crippen molar-refractivity contribution in [2.45, 2.75) is 13.5 Å². The molecule has 4 nitrogen and oxygen atoms in total. The Morgan fingerprint density at radius 3 is 2.45 bits per heavy atom. The highest BCUT2D eigenvalue weighted by Gasteiger charge is 2.07. The predicted molar refractivity (Wildman–Crippen MR) is 90.7 cm³/mol. The Morgan fingerprint density at radius 1 is 1.14 bits per heavy atom. The predicted octanol–water partition coefficient (Wildman–Crippen LogP) is 3.68. The van der Waals surface area contributed by atoms with Crippen LogP contribution in [-0.4, -0.2) is 23.8 Å². The van der Waals surface area contributed by atoms with Crippen LogP contribution in [0, 0.1) is 0 Å². The second kappa shape index (κ2) is 7.22. The van der Waals surface area contributed by atoms with Gasteiger partial charge in [-0.05, 0) is 42.0 Å². The molecule has 0 aromatic heterocycles. The molecule has 0 saturated carbocycles. The number of carbonyl (C=O) groups excluding carboxylic acids is 2. The molecule has 0 saturated heterocycles. The first-order valence-corrected chi connectivity index (χ1v) is 7.62. The van der Waals surface area contributed by atoms with Gasteiger partial charge in [-0.1, -0.05) is 28.1 Å². The molecule has 5 heteroatoms. The molecule has 2 rings (SSSR count). The van der Waals surface area contributed by atoms with Gasteiger partial charge in [0.15, 0.2) is 0 Å². The van der Waals surface area contributed by atoms with E-state index in [0.717, 1.165) is 10.0 Å². The molecule has 0 aliphatic rings. The van der Waals surface area contributed by atoms with Crippen molar-refractivity contribution in [3.63, 3.8) is 0 Å². The van der Waals surface area contributed by atoms with Gasteiger partial charge >= 0.3 is 0 Å². The first-order valence-electron chi connectivity index (χ1n) is 6.83. The minimum Gasteiger partial charge on any atom is -0.342 e. The van der Waals surface area contributed by atoms with Crippen LogP contribution in [0.15, 0.2) is 53.0 Å². The maximum atomic E-state index is 12.2. The van der Waals surface area contributed by atoms with E-state index in [2.05, 4.69) is 21.2 Å². The number of nitrogens with zero attached hydrogens (tertiary/aromatic N) is 1. The second-order valence-electron chi connectivity index (χ2n) is 5.04. The quantitative estimate of drug-likeness (QED) is 0.903. The van der Waals surface area contributed by atoms with Gasteiger partial charge in [-0.25, -0.2) is 0 Å². The summed E-state index contributed by atoms with van der Waals surface area (Å²) >= 11 is 3.34. The summed E-state index contributed by atoms with van der Waals surface area (Å²) in [6, 6.07) is 14.7. The van der Waals surface area contributed by atoms with Crippen LogP contribution in [-0.2, 0) is 11.3 Å². The first-order chi connectivity index (χ1) is 10.5. The zero-order chi connectivity index (χ0) is 16.1. The summed E-state index contributed by atoms with van der Waals surface area (Å²) < 4.78 is 0.929. The van der Waals surface area contributed by atoms with Gasteiger partial charge in [-0.2, -0.15) is 0 Å². The molecule has 0 fully saturated rings. The lowest BCUT2D eigenvalue weighted by Gasteiger charge is -2.15. The fourth-order valence-electron chi connectivity index (χ4n) is 1.94. The summed E-state index contributed by atoms with van der Waals surface area (Å²) in [5, 5.41) is 2.86. The lowest BCUT2D eigenvalue weighted by molar-refractivity contribution is -0.128. The molecule has 22 heavy (non-hydrogen) atoms. The highest BCUT2D eigenvalue weighted by Crippen LogP contribution is 2.15. The summed E-state index contributed by atoms with van der Waals surface area (Å²) in [4.78, 5) is 25.1. The number of benzene rings is 2. The molecule has 1 N–H and O–H groups in total. The van der Waals surface area contributed by atoms with Crippen molar-refractivity contribution in [1.29, 1.82) is 0 Å². The molecule has 0 unspecified atom stereocenters. The molecule has 0 bridgehead atoms. The van der Waals surface area contributed by atoms with Crippen LogP contribution in [0.1, 0.15) is 22.8 Å². The topological polar surface area (TPSA) is 49.4 Å². The van der Waals surface area contributed by atoms with Crippen LogP contribution in [0.25, 0.3) is 0 Å². The van der Waals surface area contributed by atoms with Crippen molar-refractivity contribution in [1.82, 2.24) is 4.90 Å². The largest absolute Gasteiger partial charge is 0.342 e. The van der Waals surface area contributed by atoms with Crippen LogP contribution < -0.4 is 5.32 Å². The van der Waals surface area contributed by atoms with Crippen molar-refractivity contribution in [3.8, 4) is 0 Å². The molecular weight excluding hydrogens is 344 g/mol. The van der Waals surface area contributed by atoms with Crippen LogP contribution >= 0.6 is 15.9 Å². The molecule has 0 heterocycles. The Hall–Kier alpha value is -2.14. The van der Waals surface area contributed by atoms with E-state index in [-0.39, 0.29) is 11.8 Å². The molecule has 0 radical (unpaired) electrons. The molecule has 2 amide bonds. The minimum absolute atomic E-state index is 0.00398. The maximum absolute atomic E-state index is 12.2. The Balaban J connectivity index is 2.08. The number of carbonyl (C=O) groups is 2. The number of hydrogen-bond acceptors (Lipinski definition) is 2. The van der Waals surface area contributed by atoms with E-state index in [1.807, 2.05) is 36.4 Å². The third kappa shape index (κ3) is 4.43. The van der Waals surface area contributed by atoms with Gasteiger partial charge in [0.2, 0.25) is 5.91 Å². The zero-order valence-electron chi connectivity index (χ0n) is 12.5. The number of anilines is 1. The van der Waals surface area contributed by atoms with E-state index in [1.54, 1.807) is 24.1 Å². The fourth-order valence-corrected chi connectivity index (χ4v) is 2.20. The van der Waals surface area contributed by atoms with Gasteiger partial charge in [-0.3, -0.25) is 9.59 Å². The number of nitrogens with one attached hydrogen (secondary N) is 1. The lowest BCUT2D eigenvalue weighted by Crippen LogP contribution is -2.23. The van der Waals surface area contributed by atoms with E-state index in [9.17, 15) is 9.59 Å². The zero-order valence-corrected chi connectivity index (χ0v) is 14.1. The average Bonchev–Trinajstić information content (AvgIpc) is 2.48. The third-order valence-electron chi connectivity index (χ3n) is 3.25. The minimum atomic E-state index is -0.162. The van der Waals surface area contributed by atoms with E-state index in [4.69, 9.17) is 0 Å². The van der Waals surface area contributed by atoms with E-state index >= 15 is 0 Å². The van der Waals surface area contributed by atoms with Crippen molar-refractivity contribution in [3.05, 3.63) is 64.1 Å². The Kier molecular flexibility index (Phi) is 5.33. The number of halogens is 1. The van der Waals surface area contributed by atoms with Gasteiger partial charge in [0, 0.05) is 36.2 Å². The van der Waals surface area contributed by atoms with Crippen LogP contribution in [0.5, 0.6) is 0 Å². The molecule has 0 aliphatic carbocycles. The van der Waals surface area contributed by atoms with Crippen molar-refractivity contribution in [2.24, 2.45) is 0 Å². The summed E-state index contributed by atoms with van der Waals surface area (Å²) in [5.41, 5.74) is 2.27. The highest BCUT2D eigenvalue weighted by atomic mass is 79.9. The van der Waals surface area contributed by atoms with Gasteiger partial charge < -0.3 is 10.2 Å². The summed E-state index contributed by atoms with van der Waals surface area (Å²) in [5.74, 6) is -0.158. The molecule has 0 atom stereocenters. The maximum Gasteiger partial charge on any atom is 0.255 e. The average molecular weight is 361 g/mol. The number of rotatable bonds is 4. The molecule has 0 aliphatic heterocycles. The van der Waals surface area contributed by atoms with E-state index in [1.165, 1.54) is 6.92 Å². The fraction of sp³-hybridized carbons (Fsp3) is 0.176. The monoisotopic (exact) mass is 360 g/mol. The summed E-state index contributed by atoms with van der Waals surface area (Å²) in [6.07, 6.45) is 0. The first kappa shape index (κ1) is 16.2. The van der Waals surface area contributed by atoms with Crippen molar-refractivity contribution >= 4 is 33.4 Å². The van der Waals surface area contributed by atoms with Crippen molar-refractivity contribution < 1.29 is 9.59 Å². The lowest BCUT2D eigenvalue weighted by atomic mass is 10.1. The highest BCUT2D eigenvalue weighted by molar-refractivity contribution is 9.10. The Morgan fingerprint density at radius 2 is 1.82 bits per heavy atom. The SMILES string of the molecule is CC(=O)N(C)Cc1cccc(NC(=O)c2ccc(Br)cc2)c1. The molecule has 114 valence electrons. The van der Waals surface area contributed by atoms with Crippen LogP contribution in [0.3, 0.4) is 0 Å². The standard InChI is InChI=1S/C17H17BrN2O2/c1-12(21)20(2)11-13-4-3-5-16(10-13)19-17(22)14-6-8-15(18)9-7-14/h3-10H,11H2,1-2H3,(H,19,22). The van der Waals surface area contributed by atoms with Crippen molar-refractivity contribution in [2.75, 3.05) is 12.4 Å². The molecular formula is C17H17BrN2O2. The van der Waals surface area contributed by atoms with E-state index in [0.29, 0.717) is 17.8 Å². The summed E-state index contributed by atoms with van der Waals surface area (Å²) in [6.45, 7) is 2.04. The number of amides is 2. The van der Waals surface area contributed by atoms with E-state index < -0.39 is 0 Å². The summed E-state index contributed by atoms with van der Waals surface area (Å²) in [7, 11) is 1.75. The normalized spacial score (nSPS) is 10.1. The van der Waals surface area contributed by atoms with Crippen LogP contribution in [0.4, 0.5) is 5.69 Å². The Labute approximate surface area is 138 Å². The smallest absolute Gasteiger partial charge is 0.255 e. The number of hydrogen-bond donors (Lipinski definition) is 1.